The summed E-state index contributed by atoms with van der Waals surface area (Å²) in [5.74, 6) is -1.19. The van der Waals surface area contributed by atoms with Gasteiger partial charge < -0.3 is 20.1 Å². The van der Waals surface area contributed by atoms with E-state index in [9.17, 15) is 14.0 Å². The van der Waals surface area contributed by atoms with Crippen LogP contribution in [0.25, 0.3) is 11.4 Å². The standard InChI is InChI=1S/C21H28ClFN6O2/c1-21(2,3)16(20(31)24-4)27-19(30)15-14-11-28(5)7-6-8-29(14)18(26-15)13-9-12(22)10-25-17(13)23/h9-10,16H,6-8,11H2,1-5H3,(H,24,31)(H,27,30)/t16-/m1/s1. The summed E-state index contributed by atoms with van der Waals surface area (Å²) in [5.41, 5.74) is 0.448. The number of nitrogens with zero attached hydrogens (tertiary/aromatic N) is 4. The fourth-order valence-electron chi connectivity index (χ4n) is 3.71. The Labute approximate surface area is 186 Å². The maximum absolute atomic E-state index is 14.5. The number of amides is 2. The molecule has 0 unspecified atom stereocenters. The second kappa shape index (κ2) is 8.92. The van der Waals surface area contributed by atoms with E-state index in [-0.39, 0.29) is 22.2 Å². The zero-order valence-electron chi connectivity index (χ0n) is 18.4. The number of fused-ring (bicyclic) bond motifs is 1. The number of carbonyl (C=O) groups is 2. The lowest BCUT2D eigenvalue weighted by Gasteiger charge is -2.29. The summed E-state index contributed by atoms with van der Waals surface area (Å²) >= 11 is 6.05. The number of pyridine rings is 1. The van der Waals surface area contributed by atoms with Crippen LogP contribution in [0.5, 0.6) is 0 Å². The summed E-state index contributed by atoms with van der Waals surface area (Å²) in [6.07, 6.45) is 2.04. The summed E-state index contributed by atoms with van der Waals surface area (Å²) < 4.78 is 16.4. The molecule has 10 heteroatoms. The molecule has 2 N–H and O–H groups in total. The zero-order chi connectivity index (χ0) is 22.9. The van der Waals surface area contributed by atoms with Crippen molar-refractivity contribution in [2.75, 3.05) is 20.6 Å². The third-order valence-corrected chi connectivity index (χ3v) is 5.53. The van der Waals surface area contributed by atoms with E-state index < -0.39 is 23.3 Å². The average molecular weight is 451 g/mol. The maximum Gasteiger partial charge on any atom is 0.272 e. The summed E-state index contributed by atoms with van der Waals surface area (Å²) in [4.78, 5) is 36.0. The Morgan fingerprint density at radius 3 is 2.65 bits per heavy atom. The van der Waals surface area contributed by atoms with Crippen LogP contribution in [-0.4, -0.2) is 57.9 Å². The van der Waals surface area contributed by atoms with E-state index in [1.165, 1.54) is 19.3 Å². The lowest BCUT2D eigenvalue weighted by molar-refractivity contribution is -0.124. The Morgan fingerprint density at radius 2 is 2.00 bits per heavy atom. The van der Waals surface area contributed by atoms with Gasteiger partial charge in [0.25, 0.3) is 5.91 Å². The van der Waals surface area contributed by atoms with Gasteiger partial charge in [-0.1, -0.05) is 32.4 Å². The molecule has 2 aromatic rings. The highest BCUT2D eigenvalue weighted by Gasteiger charge is 2.35. The third kappa shape index (κ3) is 4.88. The molecule has 0 fully saturated rings. The lowest BCUT2D eigenvalue weighted by atomic mass is 9.86. The van der Waals surface area contributed by atoms with Crippen LogP contribution < -0.4 is 10.6 Å². The second-order valence-corrected chi connectivity index (χ2v) is 9.29. The molecule has 0 saturated heterocycles. The molecule has 168 valence electrons. The molecule has 0 bridgehead atoms. The fraction of sp³-hybridized carbons (Fsp3) is 0.524. The average Bonchev–Trinajstić information content (AvgIpc) is 2.92. The predicted octanol–water partition coefficient (Wildman–Crippen LogP) is 2.46. The Balaban J connectivity index is 2.10. The molecule has 0 aromatic carbocycles. The minimum atomic E-state index is -0.765. The van der Waals surface area contributed by atoms with Crippen LogP contribution in [0.3, 0.4) is 0 Å². The van der Waals surface area contributed by atoms with Crippen LogP contribution in [-0.2, 0) is 17.9 Å². The first-order chi connectivity index (χ1) is 14.5. The van der Waals surface area contributed by atoms with E-state index in [1.807, 2.05) is 32.4 Å². The van der Waals surface area contributed by atoms with Crippen molar-refractivity contribution in [1.82, 2.24) is 30.1 Å². The molecule has 0 aliphatic carbocycles. The Kier molecular flexibility index (Phi) is 6.66. The molecule has 0 spiro atoms. The fourth-order valence-corrected chi connectivity index (χ4v) is 3.86. The molecule has 2 amide bonds. The molecule has 1 atom stereocenters. The predicted molar refractivity (Wildman–Crippen MR) is 116 cm³/mol. The van der Waals surface area contributed by atoms with E-state index in [2.05, 4.69) is 25.5 Å². The number of likely N-dealkylation sites (N-methyl/N-ethyl adjacent to an activating group) is 1. The van der Waals surface area contributed by atoms with E-state index in [0.717, 1.165) is 13.0 Å². The van der Waals surface area contributed by atoms with E-state index in [1.54, 1.807) is 0 Å². The van der Waals surface area contributed by atoms with Crippen molar-refractivity contribution in [3.05, 3.63) is 34.6 Å². The van der Waals surface area contributed by atoms with Gasteiger partial charge in [0.05, 0.1) is 16.3 Å². The monoisotopic (exact) mass is 450 g/mol. The minimum absolute atomic E-state index is 0.135. The molecule has 31 heavy (non-hydrogen) atoms. The molecule has 1 aliphatic heterocycles. The molecule has 0 radical (unpaired) electrons. The first-order valence-electron chi connectivity index (χ1n) is 10.1. The van der Waals surface area contributed by atoms with Crippen LogP contribution in [0, 0.1) is 11.4 Å². The van der Waals surface area contributed by atoms with Crippen LogP contribution in [0.1, 0.15) is 43.4 Å². The molecular formula is C21H28ClFN6O2. The Morgan fingerprint density at radius 1 is 1.29 bits per heavy atom. The minimum Gasteiger partial charge on any atom is -0.357 e. The van der Waals surface area contributed by atoms with Gasteiger partial charge in [-0.25, -0.2) is 9.97 Å². The van der Waals surface area contributed by atoms with Gasteiger partial charge >= 0.3 is 0 Å². The summed E-state index contributed by atoms with van der Waals surface area (Å²) in [6, 6.07) is 0.692. The van der Waals surface area contributed by atoms with E-state index in [4.69, 9.17) is 11.6 Å². The van der Waals surface area contributed by atoms with Crippen molar-refractivity contribution >= 4 is 23.4 Å². The van der Waals surface area contributed by atoms with Crippen molar-refractivity contribution in [3.8, 4) is 11.4 Å². The van der Waals surface area contributed by atoms with Gasteiger partial charge in [-0.05, 0) is 31.5 Å². The zero-order valence-corrected chi connectivity index (χ0v) is 19.2. The van der Waals surface area contributed by atoms with Gasteiger partial charge in [0, 0.05) is 26.3 Å². The second-order valence-electron chi connectivity index (χ2n) is 8.85. The van der Waals surface area contributed by atoms with E-state index in [0.29, 0.717) is 24.6 Å². The Hall–Kier alpha value is -2.52. The molecule has 3 rings (SSSR count). The van der Waals surface area contributed by atoms with Gasteiger partial charge in [0.1, 0.15) is 11.9 Å². The molecule has 8 nitrogen and oxygen atoms in total. The largest absolute Gasteiger partial charge is 0.357 e. The van der Waals surface area contributed by atoms with Crippen LogP contribution in [0.15, 0.2) is 12.3 Å². The number of hydrogen-bond donors (Lipinski definition) is 2. The highest BCUT2D eigenvalue weighted by molar-refractivity contribution is 6.30. The summed E-state index contributed by atoms with van der Waals surface area (Å²) in [7, 11) is 3.48. The van der Waals surface area contributed by atoms with Gasteiger partial charge in [-0.15, -0.1) is 0 Å². The first-order valence-corrected chi connectivity index (χ1v) is 10.5. The van der Waals surface area contributed by atoms with Crippen molar-refractivity contribution in [2.24, 2.45) is 5.41 Å². The highest BCUT2D eigenvalue weighted by Crippen LogP contribution is 2.29. The first kappa shape index (κ1) is 23.1. The Bertz CT molecular complexity index is 1000. The molecule has 1 aliphatic rings. The van der Waals surface area contributed by atoms with Crippen LogP contribution in [0.2, 0.25) is 5.02 Å². The number of aromatic nitrogens is 3. The topological polar surface area (TPSA) is 92.1 Å². The highest BCUT2D eigenvalue weighted by atomic mass is 35.5. The van der Waals surface area contributed by atoms with Gasteiger partial charge in [-0.3, -0.25) is 9.59 Å². The number of imidazole rings is 1. The molecule has 3 heterocycles. The SMILES string of the molecule is CNC(=O)[C@@H](NC(=O)c1nc(-c2cc(Cl)cnc2F)n2c1CN(C)CCC2)C(C)(C)C. The number of hydrogen-bond acceptors (Lipinski definition) is 5. The number of carbonyl (C=O) groups excluding carboxylic acids is 2. The van der Waals surface area contributed by atoms with Crippen molar-refractivity contribution in [2.45, 2.75) is 46.3 Å². The van der Waals surface area contributed by atoms with Crippen molar-refractivity contribution in [3.63, 3.8) is 0 Å². The van der Waals surface area contributed by atoms with Gasteiger partial charge in [-0.2, -0.15) is 4.39 Å². The van der Waals surface area contributed by atoms with Crippen molar-refractivity contribution < 1.29 is 14.0 Å². The summed E-state index contributed by atoms with van der Waals surface area (Å²) in [6.45, 7) is 7.46. The van der Waals surface area contributed by atoms with Crippen molar-refractivity contribution in [1.29, 1.82) is 0 Å². The quantitative estimate of drug-likeness (QED) is 0.698. The maximum atomic E-state index is 14.5. The summed E-state index contributed by atoms with van der Waals surface area (Å²) in [5, 5.41) is 5.69. The van der Waals surface area contributed by atoms with Gasteiger partial charge in [0.2, 0.25) is 11.9 Å². The normalized spacial score (nSPS) is 15.7. The molecule has 0 saturated carbocycles. The molecule has 2 aromatic heterocycles. The lowest BCUT2D eigenvalue weighted by Crippen LogP contribution is -2.53. The van der Waals surface area contributed by atoms with Crippen LogP contribution in [0.4, 0.5) is 4.39 Å². The molecular weight excluding hydrogens is 423 g/mol. The number of nitrogens with one attached hydrogen (secondary N) is 2. The number of halogens is 2. The third-order valence-electron chi connectivity index (χ3n) is 5.33. The van der Waals surface area contributed by atoms with Crippen LogP contribution >= 0.6 is 11.6 Å². The number of rotatable bonds is 4. The van der Waals surface area contributed by atoms with E-state index >= 15 is 0 Å². The smallest absolute Gasteiger partial charge is 0.272 e. The van der Waals surface area contributed by atoms with Gasteiger partial charge in [0.15, 0.2) is 5.69 Å².